The number of carbonyl (C=O) groups is 3. The maximum absolute atomic E-state index is 14.8. The molecule has 9 nitrogen and oxygen atoms in total. The largest absolute Gasteiger partial charge is 0.475 e. The Morgan fingerprint density at radius 2 is 1.67 bits per heavy atom. The Bertz CT molecular complexity index is 1370. The molecule has 9 heteroatoms. The number of aliphatic imine (C=N–C) groups is 1. The lowest BCUT2D eigenvalue weighted by Crippen LogP contribution is -2.70. The Morgan fingerprint density at radius 1 is 1.07 bits per heavy atom. The third-order valence-corrected chi connectivity index (χ3v) is 7.49. The predicted octanol–water partition coefficient (Wildman–Crippen LogP) is 3.98. The van der Waals surface area contributed by atoms with E-state index in [9.17, 15) is 19.5 Å². The van der Waals surface area contributed by atoms with Crippen LogP contribution in [0.15, 0.2) is 71.9 Å². The van der Waals surface area contributed by atoms with Gasteiger partial charge >= 0.3 is 0 Å². The van der Waals surface area contributed by atoms with E-state index in [4.69, 9.17) is 4.74 Å². The Balaban J connectivity index is 2.02. The van der Waals surface area contributed by atoms with E-state index in [0.29, 0.717) is 11.3 Å². The maximum Gasteiger partial charge on any atom is 0.250 e. The molecule has 2 heterocycles. The topological polar surface area (TPSA) is 112 Å². The van der Waals surface area contributed by atoms with Crippen LogP contribution < -0.4 is 5.32 Å². The van der Waals surface area contributed by atoms with Crippen molar-refractivity contribution in [2.24, 2.45) is 16.8 Å². The fourth-order valence-corrected chi connectivity index (χ4v) is 5.49. The number of aliphatic hydroxyl groups is 1. The summed E-state index contributed by atoms with van der Waals surface area (Å²) in [6, 6.07) is 16.8. The molecule has 0 spiro atoms. The fourth-order valence-electron chi connectivity index (χ4n) is 5.49. The highest BCUT2D eigenvalue weighted by molar-refractivity contribution is 5.99. The van der Waals surface area contributed by atoms with Crippen molar-refractivity contribution in [3.05, 3.63) is 78.0 Å². The molecule has 0 aromatic heterocycles. The average Bonchev–Trinajstić information content (AvgIpc) is 3.31. The Hall–Kier alpha value is -3.98. The number of hydrogen-bond donors (Lipinski definition) is 2. The summed E-state index contributed by atoms with van der Waals surface area (Å²) in [6.45, 7) is 12.6. The van der Waals surface area contributed by atoms with Crippen LogP contribution in [0.2, 0.25) is 0 Å². The van der Waals surface area contributed by atoms with Gasteiger partial charge in [0.1, 0.15) is 12.6 Å². The van der Waals surface area contributed by atoms with Gasteiger partial charge < -0.3 is 20.1 Å². The molecule has 0 aliphatic carbocycles. The van der Waals surface area contributed by atoms with Gasteiger partial charge in [0.05, 0.1) is 17.3 Å². The quantitative estimate of drug-likeness (QED) is 0.440. The second kappa shape index (κ2) is 12.1. The molecular weight excluding hydrogens is 532 g/mol. The number of nitrogens with zero attached hydrogens (tertiary/aromatic N) is 3. The van der Waals surface area contributed by atoms with Crippen molar-refractivity contribution in [2.75, 3.05) is 6.61 Å². The van der Waals surface area contributed by atoms with Crippen molar-refractivity contribution in [2.45, 2.75) is 78.2 Å². The van der Waals surface area contributed by atoms with Crippen molar-refractivity contribution >= 4 is 29.3 Å². The minimum absolute atomic E-state index is 0.0642. The van der Waals surface area contributed by atoms with Gasteiger partial charge in [-0.3, -0.25) is 19.3 Å². The molecule has 0 radical (unpaired) electrons. The lowest BCUT2D eigenvalue weighted by molar-refractivity contribution is -0.151. The molecule has 0 saturated carbocycles. The predicted molar refractivity (Wildman–Crippen MR) is 162 cm³/mol. The van der Waals surface area contributed by atoms with Crippen molar-refractivity contribution in [1.29, 1.82) is 0 Å². The first-order chi connectivity index (χ1) is 19.7. The highest BCUT2D eigenvalue weighted by atomic mass is 16.5. The van der Waals surface area contributed by atoms with Gasteiger partial charge in [0.25, 0.3) is 5.91 Å². The summed E-state index contributed by atoms with van der Waals surface area (Å²) in [6.07, 6.45) is 1.86. The standard InChI is InChI=1S/C33H42N4O5/c1-21(2)28-30(40)37(26(25-16-12-9-13-17-25)19-36(28)29(39)22(3)4)27(18-24-14-10-8-11-15-24)33(41,34-23(5)38)31-35-32(6,7)20-42-31/h8-17,19,21-22,27-28,41H,18,20H2,1-7H3,(H,34,38)/t27-,28+,33?/m0/s1. The summed E-state index contributed by atoms with van der Waals surface area (Å²) >= 11 is 0. The monoisotopic (exact) mass is 574 g/mol. The van der Waals surface area contributed by atoms with Gasteiger partial charge in [-0.15, -0.1) is 0 Å². The van der Waals surface area contributed by atoms with E-state index in [1.54, 1.807) is 20.0 Å². The molecule has 2 aromatic rings. The van der Waals surface area contributed by atoms with Crippen LogP contribution >= 0.6 is 0 Å². The summed E-state index contributed by atoms with van der Waals surface area (Å²) < 4.78 is 5.95. The van der Waals surface area contributed by atoms with Crippen molar-refractivity contribution in [1.82, 2.24) is 15.1 Å². The minimum atomic E-state index is -2.19. The van der Waals surface area contributed by atoms with Crippen LogP contribution in [0, 0.1) is 11.8 Å². The summed E-state index contributed by atoms with van der Waals surface area (Å²) in [5.74, 6) is -1.73. The smallest absolute Gasteiger partial charge is 0.250 e. The summed E-state index contributed by atoms with van der Waals surface area (Å²) in [5.41, 5.74) is -0.915. The lowest BCUT2D eigenvalue weighted by Gasteiger charge is -2.48. The van der Waals surface area contributed by atoms with Gasteiger partial charge in [-0.2, -0.15) is 0 Å². The fraction of sp³-hybridized carbons (Fsp3) is 0.455. The molecule has 42 heavy (non-hydrogen) atoms. The molecule has 224 valence electrons. The third-order valence-electron chi connectivity index (χ3n) is 7.49. The average molecular weight is 575 g/mol. The molecule has 3 amide bonds. The number of carbonyl (C=O) groups excluding carboxylic acids is 3. The van der Waals surface area contributed by atoms with Crippen LogP contribution in [-0.2, 0) is 25.5 Å². The van der Waals surface area contributed by atoms with E-state index in [1.165, 1.54) is 16.7 Å². The van der Waals surface area contributed by atoms with Gasteiger partial charge in [0, 0.05) is 19.0 Å². The second-order valence-electron chi connectivity index (χ2n) is 12.3. The van der Waals surface area contributed by atoms with E-state index in [0.717, 1.165) is 5.56 Å². The minimum Gasteiger partial charge on any atom is -0.475 e. The van der Waals surface area contributed by atoms with Crippen molar-refractivity contribution < 1.29 is 24.2 Å². The van der Waals surface area contributed by atoms with E-state index >= 15 is 0 Å². The number of ether oxygens (including phenoxy) is 1. The van der Waals surface area contributed by atoms with Gasteiger partial charge in [-0.1, -0.05) is 88.4 Å². The summed E-state index contributed by atoms with van der Waals surface area (Å²) in [7, 11) is 0. The second-order valence-corrected chi connectivity index (χ2v) is 12.3. The van der Waals surface area contributed by atoms with Crippen LogP contribution in [0.25, 0.3) is 5.70 Å². The number of hydrogen-bond acceptors (Lipinski definition) is 6. The van der Waals surface area contributed by atoms with Gasteiger partial charge in [0.15, 0.2) is 0 Å². The highest BCUT2D eigenvalue weighted by Gasteiger charge is 2.55. The molecular formula is C33H42N4O5. The molecule has 1 unspecified atom stereocenters. The number of amides is 3. The molecule has 2 aliphatic heterocycles. The highest BCUT2D eigenvalue weighted by Crippen LogP contribution is 2.37. The number of nitrogens with one attached hydrogen (secondary N) is 1. The first-order valence-corrected chi connectivity index (χ1v) is 14.5. The molecule has 2 aromatic carbocycles. The summed E-state index contributed by atoms with van der Waals surface area (Å²) in [5, 5.41) is 15.3. The first kappa shape index (κ1) is 31.0. The zero-order chi connectivity index (χ0) is 30.8. The van der Waals surface area contributed by atoms with Crippen molar-refractivity contribution in [3.8, 4) is 0 Å². The van der Waals surface area contributed by atoms with E-state index in [-0.39, 0.29) is 42.6 Å². The molecule has 0 bridgehead atoms. The van der Waals surface area contributed by atoms with Crippen molar-refractivity contribution in [3.63, 3.8) is 0 Å². The SMILES string of the molecule is CC(=O)NC(O)(C1=NC(C)(C)CO1)[C@H](Cc1ccccc1)N1C(=O)[C@@H](C(C)C)N(C(=O)C(C)C)C=C1c1ccccc1. The number of rotatable bonds is 9. The van der Waals surface area contributed by atoms with Crippen LogP contribution in [0.4, 0.5) is 0 Å². The zero-order valence-electron chi connectivity index (χ0n) is 25.5. The molecule has 0 fully saturated rings. The molecule has 2 aliphatic rings. The maximum atomic E-state index is 14.8. The Kier molecular flexibility index (Phi) is 8.92. The van der Waals surface area contributed by atoms with Crippen LogP contribution in [0.1, 0.15) is 59.6 Å². The lowest BCUT2D eigenvalue weighted by atomic mass is 9.88. The zero-order valence-corrected chi connectivity index (χ0v) is 25.5. The number of benzene rings is 2. The van der Waals surface area contributed by atoms with Gasteiger partial charge in [0.2, 0.25) is 23.4 Å². The molecule has 0 saturated heterocycles. The third kappa shape index (κ3) is 6.26. The Labute approximate surface area is 248 Å². The molecule has 4 rings (SSSR count). The van der Waals surface area contributed by atoms with Crippen LogP contribution in [0.3, 0.4) is 0 Å². The normalized spacial score (nSPS) is 20.5. The Morgan fingerprint density at radius 3 is 2.17 bits per heavy atom. The first-order valence-electron chi connectivity index (χ1n) is 14.5. The van der Waals surface area contributed by atoms with E-state index in [1.807, 2.05) is 88.4 Å². The van der Waals surface area contributed by atoms with E-state index < -0.39 is 29.3 Å². The van der Waals surface area contributed by atoms with E-state index in [2.05, 4.69) is 10.3 Å². The molecule has 3 atom stereocenters. The summed E-state index contributed by atoms with van der Waals surface area (Å²) in [4.78, 5) is 48.7. The molecule has 2 N–H and O–H groups in total. The van der Waals surface area contributed by atoms with Crippen LogP contribution in [-0.4, -0.2) is 68.5 Å². The van der Waals surface area contributed by atoms with Gasteiger partial charge in [-0.25, -0.2) is 4.99 Å². The van der Waals surface area contributed by atoms with Crippen LogP contribution in [0.5, 0.6) is 0 Å². The van der Waals surface area contributed by atoms with Gasteiger partial charge in [-0.05, 0) is 37.3 Å².